The number of fused-ring (bicyclic) bond motifs is 1. The van der Waals surface area contributed by atoms with Crippen molar-refractivity contribution >= 4 is 17.0 Å². The molecule has 3 aromatic rings. The summed E-state index contributed by atoms with van der Waals surface area (Å²) in [6.45, 7) is 5.34. The van der Waals surface area contributed by atoms with Crippen LogP contribution in [0.4, 0.5) is 4.39 Å². The highest BCUT2D eigenvalue weighted by atomic mass is 19.1. The Morgan fingerprint density at radius 1 is 1.21 bits per heavy atom. The Bertz CT molecular complexity index is 959. The molecule has 2 heterocycles. The van der Waals surface area contributed by atoms with Crippen LogP contribution in [-0.4, -0.2) is 47.4 Å². The van der Waals surface area contributed by atoms with Crippen molar-refractivity contribution in [1.29, 1.82) is 0 Å². The minimum Gasteiger partial charge on any atom is -0.467 e. The van der Waals surface area contributed by atoms with E-state index in [1.54, 1.807) is 12.1 Å². The van der Waals surface area contributed by atoms with Crippen LogP contribution < -0.4 is 10.1 Å². The Balaban J connectivity index is 1.78. The van der Waals surface area contributed by atoms with Crippen molar-refractivity contribution in [3.8, 4) is 17.1 Å². The summed E-state index contributed by atoms with van der Waals surface area (Å²) in [5.74, 6) is 0.0815. The van der Waals surface area contributed by atoms with Gasteiger partial charge >= 0.3 is 0 Å². The van der Waals surface area contributed by atoms with Crippen molar-refractivity contribution in [2.24, 2.45) is 0 Å². The van der Waals surface area contributed by atoms with E-state index in [1.807, 2.05) is 13.8 Å². The summed E-state index contributed by atoms with van der Waals surface area (Å²) >= 11 is 0. The van der Waals surface area contributed by atoms with Crippen molar-refractivity contribution in [3.63, 3.8) is 0 Å². The van der Waals surface area contributed by atoms with Crippen molar-refractivity contribution in [3.05, 3.63) is 35.9 Å². The van der Waals surface area contributed by atoms with Crippen LogP contribution in [0.25, 0.3) is 22.4 Å². The number of hydrogen-bond acceptors (Lipinski definition) is 7. The first-order valence-corrected chi connectivity index (χ1v) is 9.51. The number of aromatic nitrogens is 3. The molecule has 0 aliphatic rings. The van der Waals surface area contributed by atoms with Crippen LogP contribution in [0.2, 0.25) is 0 Å². The topological polar surface area (TPSA) is 99.4 Å². The maximum absolute atomic E-state index is 13.3. The lowest BCUT2D eigenvalue weighted by atomic mass is 10.1. The molecule has 2 aromatic heterocycles. The summed E-state index contributed by atoms with van der Waals surface area (Å²) < 4.78 is 29.5. The number of ether oxygens (including phenoxy) is 2. The molecule has 1 N–H and O–H groups in total. The molecule has 0 spiro atoms. The number of nitrogens with one attached hydrogen (secondary N) is 1. The number of carbonyl (C=O) groups is 1. The van der Waals surface area contributed by atoms with Gasteiger partial charge in [-0.25, -0.2) is 4.39 Å². The predicted octanol–water partition coefficient (Wildman–Crippen LogP) is 2.91. The van der Waals surface area contributed by atoms with Crippen molar-refractivity contribution in [1.82, 2.24) is 20.4 Å². The molecule has 0 aliphatic heterocycles. The molecule has 0 unspecified atom stereocenters. The Labute approximate surface area is 167 Å². The van der Waals surface area contributed by atoms with E-state index in [-0.39, 0.29) is 29.9 Å². The number of carbonyl (C=O) groups excluding carboxylic acids is 1. The Kier molecular flexibility index (Phi) is 7.07. The van der Waals surface area contributed by atoms with Gasteiger partial charge in [0.15, 0.2) is 6.61 Å². The van der Waals surface area contributed by atoms with Crippen LogP contribution in [0.1, 0.15) is 26.1 Å². The highest BCUT2D eigenvalue weighted by molar-refractivity contribution is 5.93. The molecule has 29 heavy (non-hydrogen) atoms. The molecule has 0 fully saturated rings. The quantitative estimate of drug-likeness (QED) is 0.521. The summed E-state index contributed by atoms with van der Waals surface area (Å²) in [5, 5.41) is 7.25. The fraction of sp³-hybridized carbons (Fsp3) is 0.400. The number of nitrogens with zero attached hydrogens (tertiary/aromatic N) is 3. The van der Waals surface area contributed by atoms with Gasteiger partial charge in [0.25, 0.3) is 11.6 Å². The zero-order valence-electron chi connectivity index (χ0n) is 16.4. The average molecular weight is 402 g/mol. The van der Waals surface area contributed by atoms with Crippen LogP contribution in [0, 0.1) is 5.82 Å². The van der Waals surface area contributed by atoms with Crippen LogP contribution in [0.5, 0.6) is 5.88 Å². The number of aryl methyl sites for hydroxylation is 1. The first-order valence-electron chi connectivity index (χ1n) is 9.51. The average Bonchev–Trinajstić information content (AvgIpc) is 3.16. The number of rotatable bonds is 10. The molecule has 1 aromatic carbocycles. The van der Waals surface area contributed by atoms with E-state index in [0.717, 1.165) is 6.42 Å². The van der Waals surface area contributed by atoms with Gasteiger partial charge in [0.1, 0.15) is 22.7 Å². The minimum atomic E-state index is -0.358. The van der Waals surface area contributed by atoms with Gasteiger partial charge in [-0.2, -0.15) is 9.97 Å². The largest absolute Gasteiger partial charge is 0.467 e. The van der Waals surface area contributed by atoms with E-state index >= 15 is 0 Å². The lowest BCUT2D eigenvalue weighted by Gasteiger charge is -2.09. The van der Waals surface area contributed by atoms with Gasteiger partial charge in [-0.05, 0) is 37.6 Å². The van der Waals surface area contributed by atoms with Gasteiger partial charge in [0.05, 0.1) is 0 Å². The number of benzene rings is 1. The molecule has 8 nitrogen and oxygen atoms in total. The summed E-state index contributed by atoms with van der Waals surface area (Å²) in [6, 6.07) is 5.81. The van der Waals surface area contributed by atoms with E-state index in [9.17, 15) is 9.18 Å². The summed E-state index contributed by atoms with van der Waals surface area (Å²) in [6.07, 6.45) is 1.28. The normalized spacial score (nSPS) is 11.0. The van der Waals surface area contributed by atoms with E-state index in [2.05, 4.69) is 20.4 Å². The van der Waals surface area contributed by atoms with Crippen LogP contribution in [0.15, 0.2) is 28.8 Å². The third kappa shape index (κ3) is 5.26. The summed E-state index contributed by atoms with van der Waals surface area (Å²) in [5.41, 5.74) is 1.31. The van der Waals surface area contributed by atoms with Gasteiger partial charge in [-0.15, -0.1) is 0 Å². The van der Waals surface area contributed by atoms with Gasteiger partial charge in [-0.3, -0.25) is 4.79 Å². The lowest BCUT2D eigenvalue weighted by Crippen LogP contribution is -2.30. The second-order valence-corrected chi connectivity index (χ2v) is 6.21. The molecule has 0 atom stereocenters. The number of amides is 1. The molecular weight excluding hydrogens is 379 g/mol. The zero-order valence-corrected chi connectivity index (χ0v) is 16.4. The smallest absolute Gasteiger partial charge is 0.265 e. The SMILES string of the molecule is CCOCCCNC(=O)COc1nc(CC)nc2onc(-c3ccc(F)cc3)c12. The highest BCUT2D eigenvalue weighted by Gasteiger charge is 2.20. The molecule has 9 heteroatoms. The second-order valence-electron chi connectivity index (χ2n) is 6.21. The van der Waals surface area contributed by atoms with E-state index in [0.29, 0.717) is 48.6 Å². The maximum atomic E-state index is 13.3. The minimum absolute atomic E-state index is 0.205. The van der Waals surface area contributed by atoms with E-state index in [4.69, 9.17) is 14.0 Å². The van der Waals surface area contributed by atoms with Gasteiger partial charge in [0, 0.05) is 31.7 Å². The highest BCUT2D eigenvalue weighted by Crippen LogP contribution is 2.33. The lowest BCUT2D eigenvalue weighted by molar-refractivity contribution is -0.123. The van der Waals surface area contributed by atoms with Crippen molar-refractivity contribution < 1.29 is 23.2 Å². The molecule has 0 radical (unpaired) electrons. The van der Waals surface area contributed by atoms with Crippen molar-refractivity contribution in [2.45, 2.75) is 26.7 Å². The molecular formula is C20H23FN4O4. The van der Waals surface area contributed by atoms with E-state index in [1.165, 1.54) is 12.1 Å². The second kappa shape index (κ2) is 9.92. The Hall–Kier alpha value is -3.07. The predicted molar refractivity (Wildman–Crippen MR) is 104 cm³/mol. The third-order valence-corrected chi connectivity index (χ3v) is 4.11. The first kappa shape index (κ1) is 20.7. The maximum Gasteiger partial charge on any atom is 0.265 e. The first-order chi connectivity index (χ1) is 14.1. The molecule has 3 rings (SSSR count). The van der Waals surface area contributed by atoms with Crippen molar-refractivity contribution in [2.75, 3.05) is 26.4 Å². The van der Waals surface area contributed by atoms with Crippen LogP contribution in [-0.2, 0) is 16.0 Å². The zero-order chi connectivity index (χ0) is 20.6. The number of halogens is 1. The molecule has 1 amide bonds. The van der Waals surface area contributed by atoms with Crippen LogP contribution in [0.3, 0.4) is 0 Å². The van der Waals surface area contributed by atoms with Gasteiger partial charge in [-0.1, -0.05) is 12.1 Å². The number of hydrogen-bond donors (Lipinski definition) is 1. The Morgan fingerprint density at radius 3 is 2.72 bits per heavy atom. The standard InChI is InChI=1S/C20H23FN4O4/c1-3-15-23-19(28-12-16(26)22-10-5-11-27-4-2)17-18(25-29-20(17)24-15)13-6-8-14(21)9-7-13/h6-9H,3-5,10-12H2,1-2H3,(H,22,26). The van der Waals surface area contributed by atoms with Gasteiger partial charge in [0.2, 0.25) is 5.88 Å². The monoisotopic (exact) mass is 402 g/mol. The molecule has 0 aliphatic carbocycles. The van der Waals surface area contributed by atoms with Crippen LogP contribution >= 0.6 is 0 Å². The molecule has 154 valence electrons. The molecule has 0 saturated heterocycles. The summed E-state index contributed by atoms with van der Waals surface area (Å²) in [7, 11) is 0. The third-order valence-electron chi connectivity index (χ3n) is 4.11. The fourth-order valence-electron chi connectivity index (χ4n) is 2.66. The molecule has 0 saturated carbocycles. The van der Waals surface area contributed by atoms with Gasteiger partial charge < -0.3 is 19.3 Å². The van der Waals surface area contributed by atoms with E-state index < -0.39 is 0 Å². The molecule has 0 bridgehead atoms. The summed E-state index contributed by atoms with van der Waals surface area (Å²) in [4.78, 5) is 20.8. The fourth-order valence-corrected chi connectivity index (χ4v) is 2.66. The Morgan fingerprint density at radius 2 is 2.00 bits per heavy atom.